The van der Waals surface area contributed by atoms with Crippen molar-refractivity contribution in [3.8, 4) is 11.5 Å². The molecule has 0 aromatic heterocycles. The summed E-state index contributed by atoms with van der Waals surface area (Å²) in [5, 5.41) is 6.61. The summed E-state index contributed by atoms with van der Waals surface area (Å²) in [6.45, 7) is 5.91. The molecular weight excluding hydrogens is 380 g/mol. The minimum atomic E-state index is 0.515. The fourth-order valence-electron chi connectivity index (χ4n) is 2.48. The molecule has 0 aliphatic heterocycles. The van der Waals surface area contributed by atoms with E-state index >= 15 is 0 Å². The second-order valence-corrected chi connectivity index (χ2v) is 6.60. The normalized spacial score (nSPS) is 10.7. The minimum Gasteiger partial charge on any atom is -0.490 e. The Morgan fingerprint density at radius 3 is 2.52 bits per heavy atom. The number of benzene rings is 2. The van der Waals surface area contributed by atoms with Gasteiger partial charge in [-0.1, -0.05) is 30.3 Å². The lowest BCUT2D eigenvalue weighted by Gasteiger charge is -2.16. The van der Waals surface area contributed by atoms with Crippen LogP contribution in [0.3, 0.4) is 0 Å². The zero-order chi connectivity index (χ0) is 17.9. The van der Waals surface area contributed by atoms with E-state index < -0.39 is 0 Å². The van der Waals surface area contributed by atoms with Crippen LogP contribution in [0.25, 0.3) is 0 Å². The molecule has 0 aliphatic carbocycles. The summed E-state index contributed by atoms with van der Waals surface area (Å²) in [5.41, 5.74) is 2.30. The number of ether oxygens (including phenoxy) is 2. The molecule has 2 aromatic rings. The van der Waals surface area contributed by atoms with Crippen LogP contribution in [0.15, 0.2) is 46.9 Å². The summed E-state index contributed by atoms with van der Waals surface area (Å²) in [6, 6.07) is 14.3. The number of nitrogens with one attached hydrogen (secondary N) is 2. The Bertz CT molecular complexity index is 635. The minimum absolute atomic E-state index is 0.515. The molecule has 0 heterocycles. The van der Waals surface area contributed by atoms with Crippen LogP contribution in [0.4, 0.5) is 0 Å². The van der Waals surface area contributed by atoms with Gasteiger partial charge in [0, 0.05) is 6.54 Å². The van der Waals surface area contributed by atoms with Gasteiger partial charge in [-0.3, -0.25) is 0 Å². The van der Waals surface area contributed by atoms with Gasteiger partial charge in [0.15, 0.2) is 11.5 Å². The van der Waals surface area contributed by atoms with Crippen molar-refractivity contribution in [2.75, 3.05) is 26.7 Å². The van der Waals surface area contributed by atoms with Gasteiger partial charge in [-0.25, -0.2) is 0 Å². The molecule has 5 heteroatoms. The molecule has 0 bridgehead atoms. The summed E-state index contributed by atoms with van der Waals surface area (Å²) >= 11 is 3.63. The number of hydrogen-bond acceptors (Lipinski definition) is 4. The van der Waals surface area contributed by atoms with Gasteiger partial charge in [-0.15, -0.1) is 0 Å². The van der Waals surface area contributed by atoms with Gasteiger partial charge >= 0.3 is 0 Å². The van der Waals surface area contributed by atoms with E-state index in [9.17, 15) is 0 Å². The van der Waals surface area contributed by atoms with Crippen molar-refractivity contribution in [3.05, 3.63) is 58.1 Å². The Morgan fingerprint density at radius 1 is 1.00 bits per heavy atom. The molecule has 0 atom stereocenters. The molecule has 4 nitrogen and oxygen atoms in total. The summed E-state index contributed by atoms with van der Waals surface area (Å²) in [5.74, 6) is 1.53. The Morgan fingerprint density at radius 2 is 1.80 bits per heavy atom. The van der Waals surface area contributed by atoms with E-state index in [0.29, 0.717) is 13.2 Å². The maximum Gasteiger partial charge on any atom is 0.175 e. The first-order valence-electron chi connectivity index (χ1n) is 8.71. The first-order chi connectivity index (χ1) is 12.2. The average molecular weight is 407 g/mol. The van der Waals surface area contributed by atoms with Crippen molar-refractivity contribution in [2.24, 2.45) is 0 Å². The third-order valence-electron chi connectivity index (χ3n) is 3.70. The predicted octanol–water partition coefficient (Wildman–Crippen LogP) is 4.13. The average Bonchev–Trinajstić information content (AvgIpc) is 2.62. The SMILES string of the molecule is CCOc1cc(CNCCCNC)cc(Br)c1OCc1ccccc1. The van der Waals surface area contributed by atoms with Crippen molar-refractivity contribution in [2.45, 2.75) is 26.5 Å². The molecule has 0 saturated heterocycles. The molecule has 25 heavy (non-hydrogen) atoms. The molecule has 136 valence electrons. The third-order valence-corrected chi connectivity index (χ3v) is 4.29. The van der Waals surface area contributed by atoms with Crippen LogP contribution in [0, 0.1) is 0 Å². The van der Waals surface area contributed by atoms with Gasteiger partial charge in [-0.05, 0) is 72.7 Å². The Hall–Kier alpha value is -1.56. The van der Waals surface area contributed by atoms with E-state index in [-0.39, 0.29) is 0 Å². The highest BCUT2D eigenvalue weighted by molar-refractivity contribution is 9.10. The van der Waals surface area contributed by atoms with Crippen LogP contribution >= 0.6 is 15.9 Å². The van der Waals surface area contributed by atoms with Crippen LogP contribution in [0.1, 0.15) is 24.5 Å². The quantitative estimate of drug-likeness (QED) is 0.550. The monoisotopic (exact) mass is 406 g/mol. The fraction of sp³-hybridized carbons (Fsp3) is 0.400. The van der Waals surface area contributed by atoms with Gasteiger partial charge in [0.05, 0.1) is 11.1 Å². The zero-order valence-corrected chi connectivity index (χ0v) is 16.6. The van der Waals surface area contributed by atoms with Crippen LogP contribution in [0.5, 0.6) is 11.5 Å². The largest absolute Gasteiger partial charge is 0.490 e. The highest BCUT2D eigenvalue weighted by Crippen LogP contribution is 2.37. The Balaban J connectivity index is 2.03. The van der Waals surface area contributed by atoms with E-state index in [1.165, 1.54) is 5.56 Å². The lowest BCUT2D eigenvalue weighted by Crippen LogP contribution is -2.19. The van der Waals surface area contributed by atoms with Gasteiger partial charge in [0.25, 0.3) is 0 Å². The molecule has 2 N–H and O–H groups in total. The maximum atomic E-state index is 6.02. The summed E-state index contributed by atoms with van der Waals surface area (Å²) in [7, 11) is 1.97. The van der Waals surface area contributed by atoms with Gasteiger partial charge < -0.3 is 20.1 Å². The summed E-state index contributed by atoms with van der Waals surface area (Å²) < 4.78 is 12.7. The van der Waals surface area contributed by atoms with E-state index in [1.54, 1.807) is 0 Å². The molecule has 0 spiro atoms. The molecule has 0 unspecified atom stereocenters. The van der Waals surface area contributed by atoms with Crippen molar-refractivity contribution < 1.29 is 9.47 Å². The molecule has 2 rings (SSSR count). The highest BCUT2D eigenvalue weighted by Gasteiger charge is 2.12. The maximum absolute atomic E-state index is 6.02. The topological polar surface area (TPSA) is 42.5 Å². The number of rotatable bonds is 11. The first kappa shape index (κ1) is 19.8. The predicted molar refractivity (Wildman–Crippen MR) is 106 cm³/mol. The lowest BCUT2D eigenvalue weighted by atomic mass is 10.2. The third kappa shape index (κ3) is 6.69. The van der Waals surface area contributed by atoms with E-state index in [4.69, 9.17) is 9.47 Å². The van der Waals surface area contributed by atoms with Crippen molar-refractivity contribution in [1.29, 1.82) is 0 Å². The van der Waals surface area contributed by atoms with E-state index in [1.807, 2.05) is 32.2 Å². The molecule has 0 fully saturated rings. The lowest BCUT2D eigenvalue weighted by molar-refractivity contribution is 0.267. The van der Waals surface area contributed by atoms with E-state index in [2.05, 4.69) is 50.8 Å². The Labute approximate surface area is 159 Å². The molecule has 0 radical (unpaired) electrons. The highest BCUT2D eigenvalue weighted by atomic mass is 79.9. The second-order valence-electron chi connectivity index (χ2n) is 5.75. The standard InChI is InChI=1S/C20H27BrN2O2/c1-3-24-19-13-17(14-23-11-7-10-22-2)12-18(21)20(19)25-15-16-8-5-4-6-9-16/h4-6,8-9,12-13,22-23H,3,7,10-11,14-15H2,1-2H3. The first-order valence-corrected chi connectivity index (χ1v) is 9.51. The van der Waals surface area contributed by atoms with Crippen molar-refractivity contribution in [1.82, 2.24) is 10.6 Å². The van der Waals surface area contributed by atoms with Crippen LogP contribution in [-0.2, 0) is 13.2 Å². The van der Waals surface area contributed by atoms with Crippen LogP contribution in [0.2, 0.25) is 0 Å². The van der Waals surface area contributed by atoms with Crippen molar-refractivity contribution in [3.63, 3.8) is 0 Å². The smallest absolute Gasteiger partial charge is 0.175 e. The van der Waals surface area contributed by atoms with E-state index in [0.717, 1.165) is 47.6 Å². The van der Waals surface area contributed by atoms with Gasteiger partial charge in [0.1, 0.15) is 6.61 Å². The number of halogens is 1. The van der Waals surface area contributed by atoms with Crippen LogP contribution < -0.4 is 20.1 Å². The Kier molecular flexibility index (Phi) is 8.80. The molecule has 0 amide bonds. The molecular formula is C20H27BrN2O2. The molecule has 0 aliphatic rings. The fourth-order valence-corrected chi connectivity index (χ4v) is 3.08. The summed E-state index contributed by atoms with van der Waals surface area (Å²) in [4.78, 5) is 0. The van der Waals surface area contributed by atoms with Crippen LogP contribution in [-0.4, -0.2) is 26.7 Å². The van der Waals surface area contributed by atoms with Gasteiger partial charge in [0.2, 0.25) is 0 Å². The summed E-state index contributed by atoms with van der Waals surface area (Å²) in [6.07, 6.45) is 1.11. The molecule has 2 aromatic carbocycles. The second kappa shape index (κ2) is 11.1. The molecule has 0 saturated carbocycles. The number of hydrogen-bond donors (Lipinski definition) is 2. The van der Waals surface area contributed by atoms with Crippen molar-refractivity contribution >= 4 is 15.9 Å². The zero-order valence-electron chi connectivity index (χ0n) is 15.0. The van der Waals surface area contributed by atoms with Gasteiger partial charge in [-0.2, -0.15) is 0 Å².